The first-order valence-electron chi connectivity index (χ1n) is 5.44. The molecule has 2 aromatic carbocycles. The third-order valence-corrected chi connectivity index (χ3v) is 2.99. The molecule has 0 aliphatic rings. The number of hydrogen-bond donors (Lipinski definition) is 0. The summed E-state index contributed by atoms with van der Waals surface area (Å²) in [7, 11) is 0. The second kappa shape index (κ2) is 5.94. The molecule has 0 aliphatic heterocycles. The van der Waals surface area contributed by atoms with Crippen molar-refractivity contribution in [2.45, 2.75) is 0 Å². The highest BCUT2D eigenvalue weighted by atomic mass is 35.5. The van der Waals surface area contributed by atoms with Crippen LogP contribution < -0.4 is 4.74 Å². The molecule has 0 aromatic heterocycles. The first-order chi connectivity index (χ1) is 9.88. The van der Waals surface area contributed by atoms with Crippen molar-refractivity contribution in [3.05, 3.63) is 66.7 Å². The minimum atomic E-state index is -0.853. The highest BCUT2D eigenvalue weighted by Crippen LogP contribution is 2.35. The maximum absolute atomic E-state index is 10.8. The van der Waals surface area contributed by atoms with Crippen molar-refractivity contribution >= 4 is 34.6 Å². The first-order valence-corrected chi connectivity index (χ1v) is 6.20. The monoisotopic (exact) mass is 328 g/mol. The fourth-order valence-electron chi connectivity index (χ4n) is 1.55. The Balaban J connectivity index is 2.39. The van der Waals surface area contributed by atoms with E-state index in [4.69, 9.17) is 27.9 Å². The number of halogens is 2. The molecule has 0 radical (unpaired) electrons. The summed E-state index contributed by atoms with van der Waals surface area (Å²) >= 11 is 11.6. The van der Waals surface area contributed by atoms with E-state index in [-0.39, 0.29) is 16.5 Å². The fraction of sp³-hybridized carbons (Fsp3) is 0. The predicted octanol–water partition coefficient (Wildman–Crippen LogP) is 4.60. The van der Waals surface area contributed by atoms with Gasteiger partial charge in [-0.05, 0) is 24.3 Å². The first kappa shape index (κ1) is 15.0. The Kier molecular flexibility index (Phi) is 4.25. The van der Waals surface area contributed by atoms with Gasteiger partial charge in [0.05, 0.1) is 20.9 Å². The number of nitrogens with zero attached hydrogens (tertiary/aromatic N) is 2. The molecule has 0 bridgehead atoms. The third kappa shape index (κ3) is 3.39. The largest absolute Gasteiger partial charge is 0.456 e. The molecule has 108 valence electrons. The quantitative estimate of drug-likeness (QED) is 0.603. The van der Waals surface area contributed by atoms with Crippen molar-refractivity contribution in [1.82, 2.24) is 0 Å². The minimum absolute atomic E-state index is 0.0523. The lowest BCUT2D eigenvalue weighted by atomic mass is 10.2. The van der Waals surface area contributed by atoms with Gasteiger partial charge in [-0.1, -0.05) is 23.2 Å². The van der Waals surface area contributed by atoms with Crippen LogP contribution in [0.3, 0.4) is 0 Å². The summed E-state index contributed by atoms with van der Waals surface area (Å²) < 4.78 is 5.37. The van der Waals surface area contributed by atoms with E-state index in [1.807, 2.05) is 0 Å². The van der Waals surface area contributed by atoms with Gasteiger partial charge in [0, 0.05) is 11.1 Å². The van der Waals surface area contributed by atoms with Crippen LogP contribution in [0.15, 0.2) is 36.4 Å². The van der Waals surface area contributed by atoms with Gasteiger partial charge < -0.3 is 4.74 Å². The molecule has 0 heterocycles. The Morgan fingerprint density at radius 1 is 0.905 bits per heavy atom. The second-order valence-corrected chi connectivity index (χ2v) is 4.69. The summed E-state index contributed by atoms with van der Waals surface area (Å²) in [5.41, 5.74) is -1.28. The van der Waals surface area contributed by atoms with E-state index in [1.54, 1.807) is 0 Å². The van der Waals surface area contributed by atoms with Crippen molar-refractivity contribution in [3.8, 4) is 11.5 Å². The van der Waals surface area contributed by atoms with Crippen molar-refractivity contribution in [3.63, 3.8) is 0 Å². The third-order valence-electron chi connectivity index (χ3n) is 2.46. The van der Waals surface area contributed by atoms with Gasteiger partial charge in [0.2, 0.25) is 0 Å². The topological polar surface area (TPSA) is 95.5 Å². The van der Waals surface area contributed by atoms with Gasteiger partial charge in [-0.25, -0.2) is 0 Å². The zero-order chi connectivity index (χ0) is 15.6. The maximum atomic E-state index is 10.8. The Bertz CT molecular complexity index is 736. The summed E-state index contributed by atoms with van der Waals surface area (Å²) in [6.07, 6.45) is 0. The van der Waals surface area contributed by atoms with E-state index in [1.165, 1.54) is 24.3 Å². The Morgan fingerprint density at radius 3 is 2.14 bits per heavy atom. The van der Waals surface area contributed by atoms with E-state index >= 15 is 0 Å². The molecule has 21 heavy (non-hydrogen) atoms. The van der Waals surface area contributed by atoms with Gasteiger partial charge in [-0.2, -0.15) is 0 Å². The predicted molar refractivity (Wildman–Crippen MR) is 76.3 cm³/mol. The number of ether oxygens (including phenoxy) is 1. The van der Waals surface area contributed by atoms with Crippen LogP contribution >= 0.6 is 23.2 Å². The van der Waals surface area contributed by atoms with Crippen molar-refractivity contribution in [1.29, 1.82) is 0 Å². The second-order valence-electron chi connectivity index (χ2n) is 3.84. The number of nitro benzene ring substituents is 2. The summed E-state index contributed by atoms with van der Waals surface area (Å²) in [4.78, 5) is 19.9. The van der Waals surface area contributed by atoms with Gasteiger partial charge in [0.15, 0.2) is 0 Å². The smallest absolute Gasteiger partial charge is 0.349 e. The molecule has 0 atom stereocenters. The van der Waals surface area contributed by atoms with Gasteiger partial charge in [0.25, 0.3) is 0 Å². The molecule has 2 rings (SSSR count). The highest BCUT2D eigenvalue weighted by Gasteiger charge is 2.24. The van der Waals surface area contributed by atoms with E-state index in [9.17, 15) is 20.2 Å². The van der Waals surface area contributed by atoms with Crippen LogP contribution in [0.4, 0.5) is 11.4 Å². The lowest BCUT2D eigenvalue weighted by molar-refractivity contribution is -0.422. The van der Waals surface area contributed by atoms with E-state index in [0.29, 0.717) is 5.02 Å². The Labute approximate surface area is 128 Å². The van der Waals surface area contributed by atoms with Crippen LogP contribution in [-0.4, -0.2) is 9.85 Å². The van der Waals surface area contributed by atoms with Crippen molar-refractivity contribution in [2.24, 2.45) is 0 Å². The van der Waals surface area contributed by atoms with Crippen LogP contribution in [0.25, 0.3) is 0 Å². The SMILES string of the molecule is O=[N+]([O-])c1ccc(Oc2ccc(Cl)cc2Cl)cc1[N+](=O)[O-]. The molecule has 0 saturated carbocycles. The van der Waals surface area contributed by atoms with Crippen molar-refractivity contribution < 1.29 is 14.6 Å². The molecular weight excluding hydrogens is 323 g/mol. The molecule has 0 spiro atoms. The molecule has 9 heteroatoms. The molecule has 0 saturated heterocycles. The maximum Gasteiger partial charge on any atom is 0.349 e. The summed E-state index contributed by atoms with van der Waals surface area (Å²) in [5.74, 6) is 0.278. The highest BCUT2D eigenvalue weighted by molar-refractivity contribution is 6.35. The molecular formula is C12H6Cl2N2O5. The number of nitro groups is 2. The minimum Gasteiger partial charge on any atom is -0.456 e. The fourth-order valence-corrected chi connectivity index (χ4v) is 2.00. The number of rotatable bonds is 4. The Morgan fingerprint density at radius 2 is 1.57 bits per heavy atom. The molecule has 7 nitrogen and oxygen atoms in total. The standard InChI is InChI=1S/C12H6Cl2N2O5/c13-7-1-4-12(9(14)5-7)21-8-2-3-10(15(17)18)11(6-8)16(19)20/h1-6H. The summed E-state index contributed by atoms with van der Waals surface area (Å²) in [6, 6.07) is 7.66. The van der Waals surface area contributed by atoms with E-state index < -0.39 is 21.2 Å². The van der Waals surface area contributed by atoms with Gasteiger partial charge in [0.1, 0.15) is 11.5 Å². The normalized spacial score (nSPS) is 10.2. The Hall–Kier alpha value is -2.38. The lowest BCUT2D eigenvalue weighted by Crippen LogP contribution is -1.97. The van der Waals surface area contributed by atoms with Crippen LogP contribution in [-0.2, 0) is 0 Å². The van der Waals surface area contributed by atoms with E-state index in [2.05, 4.69) is 0 Å². The lowest BCUT2D eigenvalue weighted by Gasteiger charge is -2.07. The number of benzene rings is 2. The molecule has 2 aromatic rings. The number of hydrogen-bond acceptors (Lipinski definition) is 5. The summed E-state index contributed by atoms with van der Waals surface area (Å²) in [5, 5.41) is 22.2. The van der Waals surface area contributed by atoms with Crippen LogP contribution in [0.1, 0.15) is 0 Å². The van der Waals surface area contributed by atoms with Crippen LogP contribution in [0.2, 0.25) is 10.0 Å². The van der Waals surface area contributed by atoms with E-state index in [0.717, 1.165) is 12.1 Å². The summed E-state index contributed by atoms with van der Waals surface area (Å²) in [6.45, 7) is 0. The molecule has 0 amide bonds. The molecule has 0 fully saturated rings. The molecule has 0 aliphatic carbocycles. The average Bonchev–Trinajstić information content (AvgIpc) is 2.41. The zero-order valence-electron chi connectivity index (χ0n) is 10.2. The molecule has 0 unspecified atom stereocenters. The van der Waals surface area contributed by atoms with Crippen LogP contribution in [0, 0.1) is 20.2 Å². The van der Waals surface area contributed by atoms with Gasteiger partial charge in [-0.15, -0.1) is 0 Å². The van der Waals surface area contributed by atoms with Gasteiger partial charge in [-0.3, -0.25) is 20.2 Å². The molecule has 0 N–H and O–H groups in total. The van der Waals surface area contributed by atoms with Crippen molar-refractivity contribution in [2.75, 3.05) is 0 Å². The average molecular weight is 329 g/mol. The zero-order valence-corrected chi connectivity index (χ0v) is 11.7. The van der Waals surface area contributed by atoms with Gasteiger partial charge >= 0.3 is 11.4 Å². The van der Waals surface area contributed by atoms with Crippen LogP contribution in [0.5, 0.6) is 11.5 Å².